The van der Waals surface area contributed by atoms with Crippen molar-refractivity contribution in [1.29, 1.82) is 0 Å². The fourth-order valence-electron chi connectivity index (χ4n) is 2.58. The van der Waals surface area contributed by atoms with E-state index in [4.69, 9.17) is 9.47 Å². The molecule has 0 fully saturated rings. The van der Waals surface area contributed by atoms with E-state index in [1.807, 2.05) is 37.3 Å². The van der Waals surface area contributed by atoms with Crippen LogP contribution in [-0.4, -0.2) is 17.7 Å². The topological polar surface area (TPSA) is 60.5 Å². The molecule has 0 bridgehead atoms. The van der Waals surface area contributed by atoms with Crippen molar-refractivity contribution in [3.8, 4) is 11.5 Å². The zero-order valence-electron chi connectivity index (χ0n) is 12.5. The molecule has 0 spiro atoms. The largest absolute Gasteiger partial charge is 0.454 e. The molecule has 23 heavy (non-hydrogen) atoms. The first-order valence-corrected chi connectivity index (χ1v) is 7.28. The summed E-state index contributed by atoms with van der Waals surface area (Å²) >= 11 is 0. The van der Waals surface area contributed by atoms with Crippen molar-refractivity contribution >= 4 is 22.5 Å². The molecule has 2 heterocycles. The van der Waals surface area contributed by atoms with Crippen molar-refractivity contribution in [2.24, 2.45) is 0 Å². The number of nitrogens with zero attached hydrogens (tertiary/aromatic N) is 1. The maximum Gasteiger partial charge on any atom is 0.255 e. The summed E-state index contributed by atoms with van der Waals surface area (Å²) in [7, 11) is 0. The van der Waals surface area contributed by atoms with Gasteiger partial charge in [-0.3, -0.25) is 9.78 Å². The van der Waals surface area contributed by atoms with Crippen molar-refractivity contribution < 1.29 is 14.3 Å². The highest BCUT2D eigenvalue weighted by Crippen LogP contribution is 2.33. The van der Waals surface area contributed by atoms with E-state index < -0.39 is 0 Å². The lowest BCUT2D eigenvalue weighted by atomic mass is 10.1. The molecule has 0 aliphatic carbocycles. The number of aryl methyl sites for hydroxylation is 1. The summed E-state index contributed by atoms with van der Waals surface area (Å²) in [6.07, 6.45) is 0. The minimum absolute atomic E-state index is 0.187. The number of carbonyl (C=O) groups is 1. The molecule has 0 saturated carbocycles. The molecule has 4 rings (SSSR count). The van der Waals surface area contributed by atoms with Gasteiger partial charge in [-0.15, -0.1) is 0 Å². The Bertz CT molecular complexity index is 921. The third kappa shape index (κ3) is 2.46. The number of hydrogen-bond acceptors (Lipinski definition) is 4. The van der Waals surface area contributed by atoms with Crippen LogP contribution in [0.2, 0.25) is 0 Å². The lowest BCUT2D eigenvalue weighted by molar-refractivity contribution is 0.102. The molecule has 1 aromatic heterocycles. The number of fused-ring (bicyclic) bond motifs is 2. The van der Waals surface area contributed by atoms with E-state index in [9.17, 15) is 4.79 Å². The average molecular weight is 306 g/mol. The van der Waals surface area contributed by atoms with Crippen LogP contribution in [0.3, 0.4) is 0 Å². The second-order valence-corrected chi connectivity index (χ2v) is 5.35. The molecule has 5 nitrogen and oxygen atoms in total. The molecular weight excluding hydrogens is 292 g/mol. The number of benzene rings is 2. The SMILES string of the molecule is Cc1ccc2cccc(NC(=O)c3ccc4c(c3)OCO4)c2n1. The van der Waals surface area contributed by atoms with Crippen LogP contribution in [0, 0.1) is 6.92 Å². The Hall–Kier alpha value is -3.08. The lowest BCUT2D eigenvalue weighted by Crippen LogP contribution is -2.12. The molecule has 0 atom stereocenters. The van der Waals surface area contributed by atoms with Crippen LogP contribution in [0.4, 0.5) is 5.69 Å². The number of pyridine rings is 1. The van der Waals surface area contributed by atoms with Gasteiger partial charge in [-0.25, -0.2) is 0 Å². The van der Waals surface area contributed by atoms with E-state index in [0.717, 1.165) is 16.6 Å². The summed E-state index contributed by atoms with van der Waals surface area (Å²) in [6, 6.07) is 14.8. The maximum absolute atomic E-state index is 12.5. The van der Waals surface area contributed by atoms with Crippen LogP contribution < -0.4 is 14.8 Å². The van der Waals surface area contributed by atoms with Gasteiger partial charge in [0.1, 0.15) is 0 Å². The molecule has 5 heteroatoms. The Morgan fingerprint density at radius 1 is 1.09 bits per heavy atom. The van der Waals surface area contributed by atoms with Gasteiger partial charge in [0.2, 0.25) is 6.79 Å². The second-order valence-electron chi connectivity index (χ2n) is 5.35. The Balaban J connectivity index is 1.68. The van der Waals surface area contributed by atoms with Crippen LogP contribution >= 0.6 is 0 Å². The number of aromatic nitrogens is 1. The molecule has 1 N–H and O–H groups in total. The zero-order chi connectivity index (χ0) is 15.8. The molecule has 0 saturated heterocycles. The molecular formula is C18H14N2O3. The summed E-state index contributed by atoms with van der Waals surface area (Å²) in [5, 5.41) is 3.91. The van der Waals surface area contributed by atoms with Crippen molar-refractivity contribution in [1.82, 2.24) is 4.98 Å². The summed E-state index contributed by atoms with van der Waals surface area (Å²) in [4.78, 5) is 17.0. The Kier molecular flexibility index (Phi) is 3.12. The van der Waals surface area contributed by atoms with Gasteiger partial charge in [-0.2, -0.15) is 0 Å². The Labute approximate surface area is 132 Å². The first kappa shape index (κ1) is 13.6. The number of rotatable bonds is 2. The van der Waals surface area contributed by atoms with Gasteiger partial charge in [-0.1, -0.05) is 18.2 Å². The normalized spacial score (nSPS) is 12.4. The predicted molar refractivity (Wildman–Crippen MR) is 87.0 cm³/mol. The standard InChI is InChI=1S/C18H14N2O3/c1-11-5-6-12-3-2-4-14(17(12)19-11)20-18(21)13-7-8-15-16(9-13)23-10-22-15/h2-9H,10H2,1H3,(H,20,21). The first-order chi connectivity index (χ1) is 11.2. The zero-order valence-corrected chi connectivity index (χ0v) is 12.5. The van der Waals surface area contributed by atoms with Gasteiger partial charge < -0.3 is 14.8 Å². The highest BCUT2D eigenvalue weighted by molar-refractivity contribution is 6.08. The molecule has 1 amide bonds. The molecule has 2 aromatic carbocycles. The first-order valence-electron chi connectivity index (χ1n) is 7.28. The van der Waals surface area contributed by atoms with Gasteiger partial charge in [-0.05, 0) is 37.3 Å². The van der Waals surface area contributed by atoms with E-state index >= 15 is 0 Å². The fraction of sp³-hybridized carbons (Fsp3) is 0.111. The molecule has 1 aliphatic rings. The van der Waals surface area contributed by atoms with Crippen LogP contribution in [0.25, 0.3) is 10.9 Å². The van der Waals surface area contributed by atoms with E-state index in [1.165, 1.54) is 0 Å². The third-order valence-electron chi connectivity index (χ3n) is 3.74. The maximum atomic E-state index is 12.5. The van der Waals surface area contributed by atoms with E-state index in [2.05, 4.69) is 10.3 Å². The van der Waals surface area contributed by atoms with E-state index in [0.29, 0.717) is 22.7 Å². The molecule has 1 aliphatic heterocycles. The Morgan fingerprint density at radius 3 is 2.87 bits per heavy atom. The molecule has 0 unspecified atom stereocenters. The molecule has 0 radical (unpaired) electrons. The quantitative estimate of drug-likeness (QED) is 0.787. The highest BCUT2D eigenvalue weighted by atomic mass is 16.7. The number of para-hydroxylation sites is 1. The van der Waals surface area contributed by atoms with Crippen LogP contribution in [-0.2, 0) is 0 Å². The van der Waals surface area contributed by atoms with Crippen molar-refractivity contribution in [3.05, 3.63) is 59.8 Å². The van der Waals surface area contributed by atoms with E-state index in [1.54, 1.807) is 18.2 Å². The number of amides is 1. The van der Waals surface area contributed by atoms with Crippen molar-refractivity contribution in [3.63, 3.8) is 0 Å². The van der Waals surface area contributed by atoms with Gasteiger partial charge in [0.05, 0.1) is 11.2 Å². The predicted octanol–water partition coefficient (Wildman–Crippen LogP) is 3.52. The lowest BCUT2D eigenvalue weighted by Gasteiger charge is -2.09. The number of ether oxygens (including phenoxy) is 2. The summed E-state index contributed by atoms with van der Waals surface area (Å²) < 4.78 is 10.6. The van der Waals surface area contributed by atoms with Crippen LogP contribution in [0.15, 0.2) is 48.5 Å². The number of nitrogens with one attached hydrogen (secondary N) is 1. The molecule has 114 valence electrons. The second kappa shape index (κ2) is 5.28. The number of anilines is 1. The smallest absolute Gasteiger partial charge is 0.255 e. The minimum Gasteiger partial charge on any atom is -0.454 e. The van der Waals surface area contributed by atoms with Crippen LogP contribution in [0.1, 0.15) is 16.1 Å². The number of hydrogen-bond donors (Lipinski definition) is 1. The summed E-state index contributed by atoms with van der Waals surface area (Å²) in [6.45, 7) is 2.11. The van der Waals surface area contributed by atoms with Gasteiger partial charge >= 0.3 is 0 Å². The van der Waals surface area contributed by atoms with Crippen LogP contribution in [0.5, 0.6) is 11.5 Å². The summed E-state index contributed by atoms with van der Waals surface area (Å²) in [5.41, 5.74) is 2.89. The van der Waals surface area contributed by atoms with Crippen molar-refractivity contribution in [2.45, 2.75) is 6.92 Å². The minimum atomic E-state index is -0.209. The van der Waals surface area contributed by atoms with Gasteiger partial charge in [0.25, 0.3) is 5.91 Å². The Morgan fingerprint density at radius 2 is 1.96 bits per heavy atom. The third-order valence-corrected chi connectivity index (χ3v) is 3.74. The molecule has 3 aromatic rings. The summed E-state index contributed by atoms with van der Waals surface area (Å²) in [5.74, 6) is 1.03. The van der Waals surface area contributed by atoms with Crippen molar-refractivity contribution in [2.75, 3.05) is 12.1 Å². The fourth-order valence-corrected chi connectivity index (χ4v) is 2.58. The van der Waals surface area contributed by atoms with E-state index in [-0.39, 0.29) is 12.7 Å². The highest BCUT2D eigenvalue weighted by Gasteiger charge is 2.17. The average Bonchev–Trinajstić information content (AvgIpc) is 3.03. The van der Waals surface area contributed by atoms with Gasteiger partial charge in [0.15, 0.2) is 11.5 Å². The van der Waals surface area contributed by atoms with Gasteiger partial charge in [0, 0.05) is 16.6 Å². The monoisotopic (exact) mass is 306 g/mol. The number of carbonyl (C=O) groups excluding carboxylic acids is 1.